The summed E-state index contributed by atoms with van der Waals surface area (Å²) < 4.78 is 26.4. The quantitative estimate of drug-likeness (QED) is 0.834. The maximum Gasteiger partial charge on any atom is 0.248 e. The van der Waals surface area contributed by atoms with Crippen molar-refractivity contribution in [2.24, 2.45) is 5.92 Å². The Morgan fingerprint density at radius 2 is 2.10 bits per heavy atom. The van der Waals surface area contributed by atoms with E-state index in [4.69, 9.17) is 0 Å². The van der Waals surface area contributed by atoms with Gasteiger partial charge in [0, 0.05) is 49.3 Å². The van der Waals surface area contributed by atoms with E-state index < -0.39 is 5.92 Å². The van der Waals surface area contributed by atoms with Crippen LogP contribution in [-0.4, -0.2) is 34.8 Å². The lowest BCUT2D eigenvalue weighted by molar-refractivity contribution is -0.140. The molecule has 0 unspecified atom stereocenters. The summed E-state index contributed by atoms with van der Waals surface area (Å²) in [6.07, 6.45) is 4.18. The van der Waals surface area contributed by atoms with Gasteiger partial charge in [-0.05, 0) is 25.7 Å². The van der Waals surface area contributed by atoms with Gasteiger partial charge in [-0.15, -0.1) is 11.3 Å². The highest BCUT2D eigenvalue weighted by atomic mass is 32.1. The first-order valence-electron chi connectivity index (χ1n) is 7.61. The van der Waals surface area contributed by atoms with Crippen molar-refractivity contribution < 1.29 is 13.6 Å². The van der Waals surface area contributed by atoms with Gasteiger partial charge in [-0.3, -0.25) is 4.79 Å². The van der Waals surface area contributed by atoms with Crippen molar-refractivity contribution >= 4 is 17.2 Å². The van der Waals surface area contributed by atoms with Gasteiger partial charge in [0.15, 0.2) is 0 Å². The van der Waals surface area contributed by atoms with Crippen molar-refractivity contribution in [3.05, 3.63) is 16.6 Å². The van der Waals surface area contributed by atoms with E-state index in [1.165, 1.54) is 0 Å². The Bertz CT molecular complexity index is 482. The van der Waals surface area contributed by atoms with E-state index in [9.17, 15) is 13.6 Å². The average Bonchev–Trinajstić information content (AvgIpc) is 3.01. The van der Waals surface area contributed by atoms with Crippen LogP contribution in [0.4, 0.5) is 8.78 Å². The molecule has 1 aliphatic carbocycles. The highest BCUT2D eigenvalue weighted by Gasteiger charge is 2.39. The SMILES string of the molecule is O=C(C1CCC(F)(F)CC1)N1CCC[C@@H](c2nccs2)C1. The number of alkyl halides is 2. The molecule has 0 aromatic carbocycles. The standard InChI is InChI=1S/C15H20F2N2OS/c16-15(17)5-3-11(4-6-15)14(20)19-8-1-2-12(10-19)13-18-7-9-21-13/h7,9,11-12H,1-6,8,10H2/t12-/m1/s1. The molecule has 1 saturated carbocycles. The number of halogens is 2. The minimum atomic E-state index is -2.57. The number of hydrogen-bond donors (Lipinski definition) is 0. The van der Waals surface area contributed by atoms with E-state index in [1.807, 2.05) is 10.3 Å². The predicted octanol–water partition coefficient (Wildman–Crippen LogP) is 3.67. The van der Waals surface area contributed by atoms with Crippen molar-refractivity contribution in [3.8, 4) is 0 Å². The van der Waals surface area contributed by atoms with Crippen molar-refractivity contribution in [2.75, 3.05) is 13.1 Å². The normalized spacial score (nSPS) is 26.8. The number of likely N-dealkylation sites (tertiary alicyclic amines) is 1. The van der Waals surface area contributed by atoms with Crippen molar-refractivity contribution in [3.63, 3.8) is 0 Å². The first kappa shape index (κ1) is 14.9. The summed E-state index contributed by atoms with van der Waals surface area (Å²) in [5, 5.41) is 3.04. The minimum Gasteiger partial charge on any atom is -0.342 e. The van der Waals surface area contributed by atoms with E-state index in [-0.39, 0.29) is 24.7 Å². The molecule has 3 rings (SSSR count). The number of rotatable bonds is 2. The van der Waals surface area contributed by atoms with Crippen molar-refractivity contribution in [1.82, 2.24) is 9.88 Å². The van der Waals surface area contributed by atoms with Crippen LogP contribution in [0.1, 0.15) is 49.5 Å². The molecule has 2 heterocycles. The van der Waals surface area contributed by atoms with Crippen LogP contribution in [0.15, 0.2) is 11.6 Å². The molecule has 0 bridgehead atoms. The fourth-order valence-corrected chi connectivity index (χ4v) is 4.13. The molecule has 0 radical (unpaired) electrons. The Morgan fingerprint density at radius 3 is 2.76 bits per heavy atom. The summed E-state index contributed by atoms with van der Waals surface area (Å²) in [5.41, 5.74) is 0. The molecule has 1 aromatic heterocycles. The molecule has 2 aliphatic rings. The third-order valence-electron chi connectivity index (χ3n) is 4.60. The topological polar surface area (TPSA) is 33.2 Å². The van der Waals surface area contributed by atoms with Crippen LogP contribution >= 0.6 is 11.3 Å². The second-order valence-electron chi connectivity index (χ2n) is 6.12. The molecular formula is C15H20F2N2OS. The molecule has 1 saturated heterocycles. The van der Waals surface area contributed by atoms with Gasteiger partial charge in [0.05, 0.1) is 5.01 Å². The van der Waals surface area contributed by atoms with Crippen LogP contribution in [0.5, 0.6) is 0 Å². The van der Waals surface area contributed by atoms with Crippen molar-refractivity contribution in [1.29, 1.82) is 0 Å². The Morgan fingerprint density at radius 1 is 1.33 bits per heavy atom. The second kappa shape index (κ2) is 5.99. The molecule has 6 heteroatoms. The number of carbonyl (C=O) groups is 1. The molecule has 2 fully saturated rings. The Hall–Kier alpha value is -1.04. The summed E-state index contributed by atoms with van der Waals surface area (Å²) in [5.74, 6) is -2.39. The van der Waals surface area contributed by atoms with Gasteiger partial charge in [-0.2, -0.15) is 0 Å². The van der Waals surface area contributed by atoms with Crippen LogP contribution in [0.3, 0.4) is 0 Å². The lowest BCUT2D eigenvalue weighted by Crippen LogP contribution is -2.44. The fraction of sp³-hybridized carbons (Fsp3) is 0.733. The summed E-state index contributed by atoms with van der Waals surface area (Å²) in [6, 6.07) is 0. The first-order chi connectivity index (χ1) is 10.1. The van der Waals surface area contributed by atoms with Gasteiger partial charge in [-0.1, -0.05) is 0 Å². The summed E-state index contributed by atoms with van der Waals surface area (Å²) in [6.45, 7) is 1.45. The molecule has 21 heavy (non-hydrogen) atoms. The first-order valence-corrected chi connectivity index (χ1v) is 8.49. The third kappa shape index (κ3) is 3.42. The number of aromatic nitrogens is 1. The molecule has 1 amide bonds. The predicted molar refractivity (Wildman–Crippen MR) is 77.6 cm³/mol. The zero-order valence-corrected chi connectivity index (χ0v) is 12.7. The number of carbonyl (C=O) groups excluding carboxylic acids is 1. The van der Waals surface area contributed by atoms with Crippen LogP contribution in [0.2, 0.25) is 0 Å². The molecule has 116 valence electrons. The lowest BCUT2D eigenvalue weighted by atomic mass is 9.85. The summed E-state index contributed by atoms with van der Waals surface area (Å²) in [4.78, 5) is 18.8. The van der Waals surface area contributed by atoms with E-state index >= 15 is 0 Å². The van der Waals surface area contributed by atoms with Crippen LogP contribution in [-0.2, 0) is 4.79 Å². The Kier molecular flexibility index (Phi) is 4.24. The van der Waals surface area contributed by atoms with E-state index in [0.717, 1.165) is 24.4 Å². The zero-order valence-electron chi connectivity index (χ0n) is 11.9. The Balaban J connectivity index is 1.60. The monoisotopic (exact) mass is 314 g/mol. The van der Waals surface area contributed by atoms with E-state index in [1.54, 1.807) is 17.5 Å². The zero-order chi connectivity index (χ0) is 14.9. The Labute approximate surface area is 127 Å². The maximum absolute atomic E-state index is 13.2. The highest BCUT2D eigenvalue weighted by Crippen LogP contribution is 2.38. The second-order valence-corrected chi connectivity index (χ2v) is 7.05. The summed E-state index contributed by atoms with van der Waals surface area (Å²) >= 11 is 1.63. The molecule has 0 spiro atoms. The van der Waals surface area contributed by atoms with Crippen molar-refractivity contribution in [2.45, 2.75) is 50.4 Å². The number of amides is 1. The number of thiazole rings is 1. The van der Waals surface area contributed by atoms with Gasteiger partial charge in [0.25, 0.3) is 0 Å². The van der Waals surface area contributed by atoms with Gasteiger partial charge >= 0.3 is 0 Å². The smallest absolute Gasteiger partial charge is 0.248 e. The fourth-order valence-electron chi connectivity index (χ4n) is 3.36. The number of piperidine rings is 1. The van der Waals surface area contributed by atoms with Crippen LogP contribution in [0.25, 0.3) is 0 Å². The molecule has 3 nitrogen and oxygen atoms in total. The molecule has 1 atom stereocenters. The van der Waals surface area contributed by atoms with E-state index in [2.05, 4.69) is 4.98 Å². The molecule has 1 aliphatic heterocycles. The number of nitrogens with zero attached hydrogens (tertiary/aromatic N) is 2. The molecule has 0 N–H and O–H groups in total. The van der Waals surface area contributed by atoms with Gasteiger partial charge in [-0.25, -0.2) is 13.8 Å². The maximum atomic E-state index is 13.2. The molecular weight excluding hydrogens is 294 g/mol. The average molecular weight is 314 g/mol. The van der Waals surface area contributed by atoms with Crippen LogP contribution in [0, 0.1) is 5.92 Å². The third-order valence-corrected chi connectivity index (χ3v) is 5.54. The van der Waals surface area contributed by atoms with Gasteiger partial charge in [0.1, 0.15) is 0 Å². The van der Waals surface area contributed by atoms with Gasteiger partial charge < -0.3 is 4.90 Å². The van der Waals surface area contributed by atoms with Gasteiger partial charge in [0.2, 0.25) is 11.8 Å². The number of hydrogen-bond acceptors (Lipinski definition) is 3. The van der Waals surface area contributed by atoms with E-state index in [0.29, 0.717) is 25.3 Å². The van der Waals surface area contributed by atoms with Crippen LogP contribution < -0.4 is 0 Å². The lowest BCUT2D eigenvalue weighted by Gasteiger charge is -2.36. The largest absolute Gasteiger partial charge is 0.342 e. The highest BCUT2D eigenvalue weighted by molar-refractivity contribution is 7.09. The summed E-state index contributed by atoms with van der Waals surface area (Å²) in [7, 11) is 0. The minimum absolute atomic E-state index is 0.0757. The molecule has 1 aromatic rings.